The van der Waals surface area contributed by atoms with Gasteiger partial charge in [0.25, 0.3) is 0 Å². The molecule has 0 aliphatic carbocycles. The van der Waals surface area contributed by atoms with E-state index in [-0.39, 0.29) is 5.41 Å². The first-order valence-corrected chi connectivity index (χ1v) is 7.20. The molecule has 1 fully saturated rings. The molecule has 0 atom stereocenters. The van der Waals surface area contributed by atoms with Crippen molar-refractivity contribution in [3.63, 3.8) is 0 Å². The van der Waals surface area contributed by atoms with Crippen molar-refractivity contribution in [2.75, 3.05) is 26.2 Å². The second-order valence-corrected chi connectivity index (χ2v) is 6.67. The third-order valence-corrected chi connectivity index (χ3v) is 3.78. The Morgan fingerprint density at radius 1 is 1.26 bits per heavy atom. The van der Waals surface area contributed by atoms with E-state index in [1.807, 2.05) is 12.1 Å². The van der Waals surface area contributed by atoms with Crippen LogP contribution >= 0.6 is 11.6 Å². The van der Waals surface area contributed by atoms with E-state index in [0.29, 0.717) is 10.8 Å². The number of phenols is 1. The predicted octanol–water partition coefficient (Wildman–Crippen LogP) is 2.75. The van der Waals surface area contributed by atoms with E-state index >= 15 is 0 Å². The molecule has 1 aliphatic heterocycles. The fraction of sp³-hybridized carbons (Fsp3) is 0.600. The number of benzene rings is 1. The lowest BCUT2D eigenvalue weighted by Crippen LogP contribution is -2.42. The first-order chi connectivity index (χ1) is 8.88. The van der Waals surface area contributed by atoms with Crippen molar-refractivity contribution in [2.45, 2.75) is 32.7 Å². The van der Waals surface area contributed by atoms with Crippen molar-refractivity contribution in [2.24, 2.45) is 0 Å². The molecule has 0 amide bonds. The van der Waals surface area contributed by atoms with Crippen molar-refractivity contribution < 1.29 is 5.11 Å². The van der Waals surface area contributed by atoms with Gasteiger partial charge in [-0.1, -0.05) is 32.4 Å². The Balaban J connectivity index is 2.27. The summed E-state index contributed by atoms with van der Waals surface area (Å²) in [4.78, 5) is 2.34. The molecule has 1 aromatic carbocycles. The van der Waals surface area contributed by atoms with E-state index in [4.69, 9.17) is 11.6 Å². The van der Waals surface area contributed by atoms with E-state index in [9.17, 15) is 5.11 Å². The lowest BCUT2D eigenvalue weighted by atomic mass is 9.85. The minimum absolute atomic E-state index is 0.104. The fourth-order valence-corrected chi connectivity index (χ4v) is 2.70. The highest BCUT2D eigenvalue weighted by Gasteiger charge is 2.22. The highest BCUT2D eigenvalue weighted by Crippen LogP contribution is 2.36. The molecule has 1 aliphatic rings. The van der Waals surface area contributed by atoms with Crippen LogP contribution in [0.2, 0.25) is 5.02 Å². The molecular weight excluding hydrogens is 260 g/mol. The zero-order chi connectivity index (χ0) is 14.0. The summed E-state index contributed by atoms with van der Waals surface area (Å²) in [6.07, 6.45) is 0. The number of aromatic hydroxyl groups is 1. The van der Waals surface area contributed by atoms with Crippen molar-refractivity contribution in [1.82, 2.24) is 10.2 Å². The third-order valence-electron chi connectivity index (χ3n) is 3.57. The van der Waals surface area contributed by atoms with Crippen LogP contribution < -0.4 is 5.32 Å². The summed E-state index contributed by atoms with van der Waals surface area (Å²) in [5, 5.41) is 14.5. The SMILES string of the molecule is CC(C)(C)c1cc(Cl)cc(CN2CCNCC2)c1O. The molecule has 1 aromatic rings. The molecule has 1 heterocycles. The molecule has 106 valence electrons. The number of nitrogens with zero attached hydrogens (tertiary/aromatic N) is 1. The zero-order valence-electron chi connectivity index (χ0n) is 12.0. The second kappa shape index (κ2) is 5.70. The maximum Gasteiger partial charge on any atom is 0.123 e. The summed E-state index contributed by atoms with van der Waals surface area (Å²) >= 11 is 6.20. The van der Waals surface area contributed by atoms with Gasteiger partial charge in [0.1, 0.15) is 5.75 Å². The minimum Gasteiger partial charge on any atom is -0.507 e. The molecule has 0 bridgehead atoms. The van der Waals surface area contributed by atoms with Crippen LogP contribution in [0.3, 0.4) is 0 Å². The monoisotopic (exact) mass is 282 g/mol. The highest BCUT2D eigenvalue weighted by atomic mass is 35.5. The van der Waals surface area contributed by atoms with Crippen LogP contribution in [0, 0.1) is 0 Å². The Bertz CT molecular complexity index is 448. The van der Waals surface area contributed by atoms with Crippen molar-refractivity contribution >= 4 is 11.6 Å². The molecule has 19 heavy (non-hydrogen) atoms. The molecule has 0 spiro atoms. The third kappa shape index (κ3) is 3.62. The van der Waals surface area contributed by atoms with E-state index in [1.165, 1.54) is 0 Å². The molecular formula is C15H23ClN2O. The Kier molecular flexibility index (Phi) is 4.39. The van der Waals surface area contributed by atoms with Gasteiger partial charge in [0, 0.05) is 48.9 Å². The van der Waals surface area contributed by atoms with Crippen LogP contribution in [-0.2, 0) is 12.0 Å². The summed E-state index contributed by atoms with van der Waals surface area (Å²) in [6.45, 7) is 11.1. The van der Waals surface area contributed by atoms with Gasteiger partial charge in [-0.3, -0.25) is 4.90 Å². The van der Waals surface area contributed by atoms with Crippen molar-refractivity contribution in [3.05, 3.63) is 28.3 Å². The van der Waals surface area contributed by atoms with Gasteiger partial charge in [0.2, 0.25) is 0 Å². The Hall–Kier alpha value is -0.770. The van der Waals surface area contributed by atoms with Gasteiger partial charge in [0.05, 0.1) is 0 Å². The van der Waals surface area contributed by atoms with Gasteiger partial charge in [-0.2, -0.15) is 0 Å². The largest absolute Gasteiger partial charge is 0.507 e. The Morgan fingerprint density at radius 3 is 2.47 bits per heavy atom. The van der Waals surface area contributed by atoms with Gasteiger partial charge in [-0.25, -0.2) is 0 Å². The summed E-state index contributed by atoms with van der Waals surface area (Å²) < 4.78 is 0. The first kappa shape index (κ1) is 14.6. The topological polar surface area (TPSA) is 35.5 Å². The Morgan fingerprint density at radius 2 is 1.89 bits per heavy atom. The van der Waals surface area contributed by atoms with E-state index in [2.05, 4.69) is 31.0 Å². The number of hydrogen-bond acceptors (Lipinski definition) is 3. The number of hydrogen-bond donors (Lipinski definition) is 2. The molecule has 0 radical (unpaired) electrons. The molecule has 0 unspecified atom stereocenters. The van der Waals surface area contributed by atoms with Crippen LogP contribution in [0.1, 0.15) is 31.9 Å². The second-order valence-electron chi connectivity index (χ2n) is 6.24. The van der Waals surface area contributed by atoms with E-state index in [0.717, 1.165) is 43.9 Å². The number of halogens is 1. The summed E-state index contributed by atoms with van der Waals surface area (Å²) in [7, 11) is 0. The lowest BCUT2D eigenvalue weighted by molar-refractivity contribution is 0.230. The van der Waals surface area contributed by atoms with Gasteiger partial charge < -0.3 is 10.4 Å². The molecule has 1 saturated heterocycles. The quantitative estimate of drug-likeness (QED) is 0.876. The number of rotatable bonds is 2. The standard InChI is InChI=1S/C15H23ClN2O/c1-15(2,3)13-9-12(16)8-11(14(13)19)10-18-6-4-17-5-7-18/h8-9,17,19H,4-7,10H2,1-3H3. The van der Waals surface area contributed by atoms with Crippen molar-refractivity contribution in [1.29, 1.82) is 0 Å². The number of piperazine rings is 1. The fourth-order valence-electron chi connectivity index (χ4n) is 2.46. The molecule has 2 N–H and O–H groups in total. The average molecular weight is 283 g/mol. The summed E-state index contributed by atoms with van der Waals surface area (Å²) in [5.74, 6) is 0.399. The van der Waals surface area contributed by atoms with Gasteiger partial charge in [-0.15, -0.1) is 0 Å². The highest BCUT2D eigenvalue weighted by molar-refractivity contribution is 6.30. The van der Waals surface area contributed by atoms with Gasteiger partial charge >= 0.3 is 0 Å². The average Bonchev–Trinajstić information content (AvgIpc) is 2.33. The summed E-state index contributed by atoms with van der Waals surface area (Å²) in [5.41, 5.74) is 1.75. The Labute approximate surface area is 120 Å². The first-order valence-electron chi connectivity index (χ1n) is 6.83. The summed E-state index contributed by atoms with van der Waals surface area (Å²) in [6, 6.07) is 3.76. The van der Waals surface area contributed by atoms with Crippen LogP contribution in [-0.4, -0.2) is 36.2 Å². The van der Waals surface area contributed by atoms with E-state index < -0.39 is 0 Å². The van der Waals surface area contributed by atoms with Crippen LogP contribution in [0.4, 0.5) is 0 Å². The van der Waals surface area contributed by atoms with Gasteiger partial charge in [-0.05, 0) is 17.5 Å². The van der Waals surface area contributed by atoms with Crippen molar-refractivity contribution in [3.8, 4) is 5.75 Å². The molecule has 0 saturated carbocycles. The molecule has 2 rings (SSSR count). The van der Waals surface area contributed by atoms with Crippen LogP contribution in [0.25, 0.3) is 0 Å². The van der Waals surface area contributed by atoms with Crippen LogP contribution in [0.5, 0.6) is 5.75 Å². The molecule has 0 aromatic heterocycles. The van der Waals surface area contributed by atoms with Gasteiger partial charge in [0.15, 0.2) is 0 Å². The minimum atomic E-state index is -0.104. The normalized spacial score (nSPS) is 17.7. The number of nitrogens with one attached hydrogen (secondary N) is 1. The lowest BCUT2D eigenvalue weighted by Gasteiger charge is -2.29. The van der Waals surface area contributed by atoms with E-state index in [1.54, 1.807) is 0 Å². The maximum absolute atomic E-state index is 10.5. The smallest absolute Gasteiger partial charge is 0.123 e. The number of phenolic OH excluding ortho intramolecular Hbond substituents is 1. The predicted molar refractivity (Wildman–Crippen MR) is 80.0 cm³/mol. The van der Waals surface area contributed by atoms with Crippen LogP contribution in [0.15, 0.2) is 12.1 Å². The maximum atomic E-state index is 10.5. The molecule has 3 nitrogen and oxygen atoms in total. The zero-order valence-corrected chi connectivity index (χ0v) is 12.7. The molecule has 4 heteroatoms.